The van der Waals surface area contributed by atoms with Gasteiger partial charge in [-0.15, -0.1) is 5.10 Å². The smallest absolute Gasteiger partial charge is 0.225 e. The summed E-state index contributed by atoms with van der Waals surface area (Å²) in [6.07, 6.45) is 0.106. The normalized spacial score (nSPS) is 29.3. The number of aliphatic imine (C=N–C) groups is 1. The number of hydrogen-bond donors (Lipinski definition) is 4. The molecule has 39 heavy (non-hydrogen) atoms. The molecule has 1 aromatic heterocycles. The average molecular weight is 568 g/mol. The van der Waals surface area contributed by atoms with Crippen molar-refractivity contribution in [1.82, 2.24) is 25.6 Å². The molecular weight excluding hydrogens is 538 g/mol. The van der Waals surface area contributed by atoms with E-state index in [1.807, 2.05) is 53.7 Å². The van der Waals surface area contributed by atoms with E-state index in [1.54, 1.807) is 11.0 Å². The molecule has 1 amide bonds. The molecule has 2 heterocycles. The number of nitrogens with one attached hydrogen (secondary N) is 2. The number of halogens is 1. The van der Waals surface area contributed by atoms with Crippen molar-refractivity contribution in [2.45, 2.75) is 61.0 Å². The van der Waals surface area contributed by atoms with Crippen molar-refractivity contribution in [3.05, 3.63) is 70.9 Å². The SMILES string of the molecule is CCNC(=O)[C@@H]1C[C@H](n2nnc3c2N(Sc2ccccc2Cl)C=NC3NC2CC2c2ccccc2)[C@@H](O)[C@H]1O. The number of hydrogen-bond acceptors (Lipinski definition) is 9. The van der Waals surface area contributed by atoms with E-state index in [0.29, 0.717) is 29.0 Å². The van der Waals surface area contributed by atoms with Crippen molar-refractivity contribution in [1.29, 1.82) is 0 Å². The standard InChI is InChI=1S/C27H30ClN7O3S/c1-2-29-26(38)17-13-20(24(37)23(17)36)35-27-22(32-33-35)25(31-19-12-16(19)15-8-4-3-5-9-15)30-14-34(27)39-21-11-7-6-10-18(21)28/h3-11,14,16-17,19-20,23-25,31,36-37H,2,12-13H2,1H3,(H,29,38)/t16?,17-,19?,20+,23+,24-,25?/m1/s1. The molecule has 7 atom stereocenters. The van der Waals surface area contributed by atoms with Crippen LogP contribution < -0.4 is 14.9 Å². The fourth-order valence-electron chi connectivity index (χ4n) is 5.45. The van der Waals surface area contributed by atoms with Crippen LogP contribution in [0.3, 0.4) is 0 Å². The number of carbonyl (C=O) groups is 1. The second-order valence-corrected chi connectivity index (χ2v) is 11.5. The molecule has 0 radical (unpaired) electrons. The first-order valence-electron chi connectivity index (χ1n) is 13.1. The lowest BCUT2D eigenvalue weighted by Crippen LogP contribution is -2.38. The van der Waals surface area contributed by atoms with E-state index < -0.39 is 30.3 Å². The van der Waals surface area contributed by atoms with Gasteiger partial charge in [-0.25, -0.2) is 9.67 Å². The number of rotatable bonds is 8. The lowest BCUT2D eigenvalue weighted by atomic mass is 10.0. The number of anilines is 1. The number of fused-ring (bicyclic) bond motifs is 1. The van der Waals surface area contributed by atoms with Gasteiger partial charge in [-0.3, -0.25) is 14.4 Å². The second-order valence-electron chi connectivity index (χ2n) is 10.1. The van der Waals surface area contributed by atoms with E-state index in [4.69, 9.17) is 16.6 Å². The highest BCUT2D eigenvalue weighted by Crippen LogP contribution is 2.46. The van der Waals surface area contributed by atoms with Gasteiger partial charge in [-0.1, -0.05) is 59.3 Å². The summed E-state index contributed by atoms with van der Waals surface area (Å²) in [6.45, 7) is 2.26. The van der Waals surface area contributed by atoms with Crippen LogP contribution in [0.25, 0.3) is 0 Å². The lowest BCUT2D eigenvalue weighted by molar-refractivity contribution is -0.128. The van der Waals surface area contributed by atoms with Gasteiger partial charge in [0.25, 0.3) is 0 Å². The third-order valence-electron chi connectivity index (χ3n) is 7.56. The monoisotopic (exact) mass is 567 g/mol. The first-order chi connectivity index (χ1) is 19.0. The maximum absolute atomic E-state index is 12.6. The molecule has 2 aromatic carbocycles. The minimum Gasteiger partial charge on any atom is -0.390 e. The Balaban J connectivity index is 1.30. The first-order valence-corrected chi connectivity index (χ1v) is 14.3. The largest absolute Gasteiger partial charge is 0.390 e. The highest BCUT2D eigenvalue weighted by molar-refractivity contribution is 8.01. The average Bonchev–Trinajstić information content (AvgIpc) is 3.47. The molecule has 2 saturated carbocycles. The van der Waals surface area contributed by atoms with Crippen molar-refractivity contribution in [2.75, 3.05) is 10.8 Å². The molecule has 204 valence electrons. The molecule has 1 aliphatic heterocycles. The lowest BCUT2D eigenvalue weighted by Gasteiger charge is -2.28. The van der Waals surface area contributed by atoms with Crippen LogP contribution >= 0.6 is 23.5 Å². The van der Waals surface area contributed by atoms with Crippen LogP contribution in [0, 0.1) is 5.92 Å². The summed E-state index contributed by atoms with van der Waals surface area (Å²) in [6, 6.07) is 17.5. The van der Waals surface area contributed by atoms with Gasteiger partial charge in [0.2, 0.25) is 5.91 Å². The molecule has 12 heteroatoms. The van der Waals surface area contributed by atoms with Gasteiger partial charge in [0.1, 0.15) is 24.3 Å². The first kappa shape index (κ1) is 26.3. The van der Waals surface area contributed by atoms with Gasteiger partial charge < -0.3 is 15.5 Å². The van der Waals surface area contributed by atoms with Gasteiger partial charge in [0.05, 0.1) is 23.1 Å². The zero-order valence-corrected chi connectivity index (χ0v) is 22.8. The highest BCUT2D eigenvalue weighted by atomic mass is 35.5. The topological polar surface area (TPSA) is 128 Å². The number of nitrogens with zero attached hydrogens (tertiary/aromatic N) is 5. The van der Waals surface area contributed by atoms with Crippen LogP contribution in [0.4, 0.5) is 5.82 Å². The van der Waals surface area contributed by atoms with Crippen molar-refractivity contribution in [2.24, 2.45) is 10.9 Å². The Hall–Kier alpha value is -2.96. The molecule has 2 fully saturated rings. The van der Waals surface area contributed by atoms with Crippen LogP contribution in [0.2, 0.25) is 5.02 Å². The van der Waals surface area contributed by atoms with Crippen LogP contribution in [0.5, 0.6) is 0 Å². The second kappa shape index (κ2) is 10.9. The van der Waals surface area contributed by atoms with E-state index >= 15 is 0 Å². The van der Waals surface area contributed by atoms with E-state index in [1.165, 1.54) is 17.5 Å². The third kappa shape index (κ3) is 5.05. The molecule has 3 unspecified atom stereocenters. The Labute approximate surface area is 235 Å². The van der Waals surface area contributed by atoms with Gasteiger partial charge >= 0.3 is 0 Å². The third-order valence-corrected chi connectivity index (χ3v) is 9.02. The van der Waals surface area contributed by atoms with Gasteiger partial charge in [-0.05, 0) is 49.4 Å². The van der Waals surface area contributed by atoms with E-state index in [2.05, 4.69) is 33.1 Å². The fourth-order valence-corrected chi connectivity index (χ4v) is 6.56. The van der Waals surface area contributed by atoms with E-state index in [0.717, 1.165) is 11.3 Å². The minimum absolute atomic E-state index is 0.225. The van der Waals surface area contributed by atoms with Crippen LogP contribution in [0.15, 0.2) is 64.5 Å². The number of aliphatic hydroxyl groups is 2. The Kier molecular flexibility index (Phi) is 7.34. The predicted molar refractivity (Wildman–Crippen MR) is 150 cm³/mol. The molecule has 0 spiro atoms. The number of aliphatic hydroxyl groups excluding tert-OH is 2. The van der Waals surface area contributed by atoms with Crippen LogP contribution in [-0.2, 0) is 4.79 Å². The molecule has 0 bridgehead atoms. The molecule has 0 saturated heterocycles. The van der Waals surface area contributed by atoms with Gasteiger partial charge in [-0.2, -0.15) is 0 Å². The summed E-state index contributed by atoms with van der Waals surface area (Å²) in [7, 11) is 0. The van der Waals surface area contributed by atoms with Crippen molar-refractivity contribution >= 4 is 41.6 Å². The molecule has 4 N–H and O–H groups in total. The molecular formula is C27H30ClN7O3S. The summed E-state index contributed by atoms with van der Waals surface area (Å²) in [4.78, 5) is 18.2. The molecule has 6 rings (SSSR count). The molecule has 2 aliphatic carbocycles. The Morgan fingerprint density at radius 2 is 1.87 bits per heavy atom. The van der Waals surface area contributed by atoms with Crippen molar-refractivity contribution < 1.29 is 15.0 Å². The summed E-state index contributed by atoms with van der Waals surface area (Å²) in [5.74, 6) is -0.0134. The summed E-state index contributed by atoms with van der Waals surface area (Å²) in [5, 5.41) is 37.6. The highest BCUT2D eigenvalue weighted by Gasteiger charge is 2.48. The number of benzene rings is 2. The van der Waals surface area contributed by atoms with Crippen molar-refractivity contribution in [3.8, 4) is 0 Å². The predicted octanol–water partition coefficient (Wildman–Crippen LogP) is 3.05. The van der Waals surface area contributed by atoms with Gasteiger partial charge in [0, 0.05) is 23.4 Å². The Bertz CT molecular complexity index is 1370. The fraction of sp³-hybridized carbons (Fsp3) is 0.407. The molecule has 10 nitrogen and oxygen atoms in total. The number of aromatic nitrogens is 3. The number of amides is 1. The molecule has 3 aromatic rings. The van der Waals surface area contributed by atoms with E-state index in [-0.39, 0.29) is 18.4 Å². The maximum atomic E-state index is 12.6. The maximum Gasteiger partial charge on any atom is 0.225 e. The Morgan fingerprint density at radius 3 is 2.64 bits per heavy atom. The number of carbonyl (C=O) groups excluding carboxylic acids is 1. The van der Waals surface area contributed by atoms with Crippen LogP contribution in [-0.4, -0.2) is 62.2 Å². The van der Waals surface area contributed by atoms with Gasteiger partial charge in [0.15, 0.2) is 5.82 Å². The summed E-state index contributed by atoms with van der Waals surface area (Å²) >= 11 is 7.82. The summed E-state index contributed by atoms with van der Waals surface area (Å²) in [5.41, 5.74) is 1.90. The summed E-state index contributed by atoms with van der Waals surface area (Å²) < 4.78 is 3.45. The van der Waals surface area contributed by atoms with Crippen LogP contribution in [0.1, 0.15) is 49.1 Å². The molecule has 3 aliphatic rings. The zero-order valence-electron chi connectivity index (χ0n) is 21.3. The van der Waals surface area contributed by atoms with Crippen molar-refractivity contribution in [3.63, 3.8) is 0 Å². The minimum atomic E-state index is -1.21. The Morgan fingerprint density at radius 1 is 1.10 bits per heavy atom. The zero-order chi connectivity index (χ0) is 27.1. The quantitative estimate of drug-likeness (QED) is 0.306. The van der Waals surface area contributed by atoms with E-state index in [9.17, 15) is 15.0 Å².